The third-order valence-corrected chi connectivity index (χ3v) is 5.87. The Balaban J connectivity index is 1.53. The molecule has 2 saturated heterocycles. The van der Waals surface area contributed by atoms with Crippen molar-refractivity contribution in [2.24, 2.45) is 0 Å². The van der Waals surface area contributed by atoms with E-state index in [1.165, 1.54) is 24.1 Å². The normalized spacial score (nSPS) is 22.0. The lowest BCUT2D eigenvalue weighted by atomic mass is 10.1. The molecule has 1 aromatic carbocycles. The largest absolute Gasteiger partial charge is 0.444 e. The second kappa shape index (κ2) is 7.30. The van der Waals surface area contributed by atoms with Crippen LogP contribution in [0.2, 0.25) is 0 Å². The average molecular weight is 386 g/mol. The summed E-state index contributed by atoms with van der Waals surface area (Å²) >= 11 is 0. The molecule has 0 aliphatic carbocycles. The van der Waals surface area contributed by atoms with Crippen LogP contribution < -0.4 is 9.80 Å². The molecule has 2 amide bonds. The Kier molecular flexibility index (Phi) is 4.98. The highest BCUT2D eigenvalue weighted by atomic mass is 16.6. The van der Waals surface area contributed by atoms with Crippen molar-refractivity contribution < 1.29 is 14.3 Å². The minimum absolute atomic E-state index is 0.0284. The predicted molar refractivity (Wildman–Crippen MR) is 110 cm³/mol. The number of carbonyl (C=O) groups excluding carboxylic acids is 2. The predicted octanol–water partition coefficient (Wildman–Crippen LogP) is 3.58. The first-order valence-corrected chi connectivity index (χ1v) is 10.5. The Hall–Kier alpha value is -2.24. The van der Waals surface area contributed by atoms with Gasteiger partial charge in [-0.15, -0.1) is 0 Å². The van der Waals surface area contributed by atoms with Crippen LogP contribution in [0.15, 0.2) is 18.2 Å². The van der Waals surface area contributed by atoms with Crippen LogP contribution in [0, 0.1) is 0 Å². The summed E-state index contributed by atoms with van der Waals surface area (Å²) < 4.78 is 5.53. The molecule has 6 heteroatoms. The van der Waals surface area contributed by atoms with E-state index < -0.39 is 11.6 Å². The van der Waals surface area contributed by atoms with Gasteiger partial charge in [0, 0.05) is 37.6 Å². The minimum atomic E-state index is -0.557. The molecule has 152 valence electrons. The lowest BCUT2D eigenvalue weighted by Crippen LogP contribution is -2.48. The van der Waals surface area contributed by atoms with Crippen molar-refractivity contribution in [2.45, 2.75) is 64.5 Å². The minimum Gasteiger partial charge on any atom is -0.444 e. The van der Waals surface area contributed by atoms with Gasteiger partial charge in [-0.3, -0.25) is 9.69 Å². The molecule has 28 heavy (non-hydrogen) atoms. The van der Waals surface area contributed by atoms with Gasteiger partial charge >= 0.3 is 6.09 Å². The smallest absolute Gasteiger partial charge is 0.410 e. The Morgan fingerprint density at radius 2 is 1.79 bits per heavy atom. The summed E-state index contributed by atoms with van der Waals surface area (Å²) in [7, 11) is 0. The number of carbonyl (C=O) groups is 2. The van der Waals surface area contributed by atoms with Gasteiger partial charge in [0.2, 0.25) is 5.91 Å². The maximum Gasteiger partial charge on any atom is 0.410 e. The number of anilines is 2. The highest BCUT2D eigenvalue weighted by Crippen LogP contribution is 2.35. The van der Waals surface area contributed by atoms with Crippen molar-refractivity contribution in [1.82, 2.24) is 4.90 Å². The molecule has 6 nitrogen and oxygen atoms in total. The van der Waals surface area contributed by atoms with E-state index in [4.69, 9.17) is 4.74 Å². The number of likely N-dealkylation sites (tertiary alicyclic amines) is 1. The Morgan fingerprint density at radius 1 is 1.04 bits per heavy atom. The number of nitrogens with zero attached hydrogens (tertiary/aromatic N) is 3. The fraction of sp³-hybridized carbons (Fsp3) is 0.636. The molecule has 0 N–H and O–H groups in total. The second-order valence-electron chi connectivity index (χ2n) is 9.08. The van der Waals surface area contributed by atoms with Gasteiger partial charge < -0.3 is 14.5 Å². The van der Waals surface area contributed by atoms with Gasteiger partial charge in [-0.1, -0.05) is 6.07 Å². The van der Waals surface area contributed by atoms with Crippen LogP contribution in [-0.2, 0) is 16.0 Å². The van der Waals surface area contributed by atoms with Crippen molar-refractivity contribution in [3.05, 3.63) is 23.8 Å². The molecular formula is C22H31N3O3. The van der Waals surface area contributed by atoms with Crippen LogP contribution in [-0.4, -0.2) is 54.7 Å². The van der Waals surface area contributed by atoms with E-state index >= 15 is 0 Å². The number of rotatable bonds is 2. The Bertz CT molecular complexity index is 765. The summed E-state index contributed by atoms with van der Waals surface area (Å²) in [5.41, 5.74) is 2.88. The van der Waals surface area contributed by atoms with Gasteiger partial charge in [0.05, 0.1) is 0 Å². The van der Waals surface area contributed by atoms with Crippen molar-refractivity contribution in [3.8, 4) is 0 Å². The summed E-state index contributed by atoms with van der Waals surface area (Å²) in [6, 6.07) is 6.09. The van der Waals surface area contributed by atoms with Gasteiger partial charge in [-0.2, -0.15) is 0 Å². The van der Waals surface area contributed by atoms with Crippen molar-refractivity contribution >= 4 is 23.4 Å². The molecule has 3 aliphatic heterocycles. The molecule has 1 atom stereocenters. The van der Waals surface area contributed by atoms with Crippen molar-refractivity contribution in [1.29, 1.82) is 0 Å². The maximum absolute atomic E-state index is 13.4. The standard InChI is InChI=1S/C22H31N3O3/c1-22(2,3)28-21(27)25-13-6-7-18(25)20(26)24-14-10-16-8-9-17(15-19(16)24)23-11-4-5-12-23/h8-9,15,18H,4-7,10-14H2,1-3H3. The molecular weight excluding hydrogens is 354 g/mol. The zero-order chi connectivity index (χ0) is 19.9. The zero-order valence-corrected chi connectivity index (χ0v) is 17.2. The molecule has 0 spiro atoms. The average Bonchev–Trinajstić information content (AvgIpc) is 3.38. The number of amides is 2. The molecule has 3 aliphatic rings. The lowest BCUT2D eigenvalue weighted by molar-refractivity contribution is -0.122. The molecule has 0 aromatic heterocycles. The summed E-state index contributed by atoms with van der Waals surface area (Å²) in [6.07, 6.45) is 4.49. The van der Waals surface area contributed by atoms with Crippen LogP contribution in [0.5, 0.6) is 0 Å². The van der Waals surface area contributed by atoms with E-state index in [0.717, 1.165) is 31.6 Å². The van der Waals surface area contributed by atoms with Gasteiger partial charge in [0.15, 0.2) is 0 Å². The lowest BCUT2D eigenvalue weighted by Gasteiger charge is -2.30. The van der Waals surface area contributed by atoms with Crippen LogP contribution in [0.3, 0.4) is 0 Å². The SMILES string of the molecule is CC(C)(C)OC(=O)N1CCCC1C(=O)N1CCc2ccc(N3CCCC3)cc21. The highest BCUT2D eigenvalue weighted by Gasteiger charge is 2.40. The van der Waals surface area contributed by atoms with Gasteiger partial charge in [0.25, 0.3) is 0 Å². The van der Waals surface area contributed by atoms with Gasteiger partial charge in [-0.25, -0.2) is 4.79 Å². The van der Waals surface area contributed by atoms with Crippen LogP contribution in [0.25, 0.3) is 0 Å². The summed E-state index contributed by atoms with van der Waals surface area (Å²) in [5, 5.41) is 0. The number of ether oxygens (including phenoxy) is 1. The maximum atomic E-state index is 13.4. The molecule has 0 radical (unpaired) electrons. The first-order chi connectivity index (χ1) is 13.3. The molecule has 3 heterocycles. The van der Waals surface area contributed by atoms with E-state index in [1.807, 2.05) is 25.7 Å². The molecule has 1 aromatic rings. The summed E-state index contributed by atoms with van der Waals surface area (Å²) in [5.74, 6) is 0.0284. The van der Waals surface area contributed by atoms with Crippen LogP contribution in [0.1, 0.15) is 52.0 Å². The highest BCUT2D eigenvalue weighted by molar-refractivity contribution is 6.01. The van der Waals surface area contributed by atoms with E-state index in [9.17, 15) is 9.59 Å². The fourth-order valence-electron chi connectivity index (χ4n) is 4.51. The van der Waals surface area contributed by atoms with Crippen LogP contribution in [0.4, 0.5) is 16.2 Å². The molecule has 0 saturated carbocycles. The first kappa shape index (κ1) is 19.1. The molecule has 0 bridgehead atoms. The van der Waals surface area contributed by atoms with E-state index in [-0.39, 0.29) is 12.0 Å². The molecule has 1 unspecified atom stereocenters. The van der Waals surface area contributed by atoms with E-state index in [1.54, 1.807) is 4.90 Å². The summed E-state index contributed by atoms with van der Waals surface area (Å²) in [6.45, 7) is 9.01. The Morgan fingerprint density at radius 3 is 2.50 bits per heavy atom. The van der Waals surface area contributed by atoms with Crippen molar-refractivity contribution in [2.75, 3.05) is 36.0 Å². The second-order valence-corrected chi connectivity index (χ2v) is 9.08. The number of benzene rings is 1. The van der Waals surface area contributed by atoms with E-state index in [0.29, 0.717) is 19.5 Å². The fourth-order valence-corrected chi connectivity index (χ4v) is 4.51. The quantitative estimate of drug-likeness (QED) is 0.781. The molecule has 4 rings (SSSR count). The van der Waals surface area contributed by atoms with Crippen molar-refractivity contribution in [3.63, 3.8) is 0 Å². The zero-order valence-electron chi connectivity index (χ0n) is 17.2. The monoisotopic (exact) mass is 385 g/mol. The van der Waals surface area contributed by atoms with E-state index in [2.05, 4.69) is 23.1 Å². The first-order valence-electron chi connectivity index (χ1n) is 10.5. The number of fused-ring (bicyclic) bond motifs is 1. The third kappa shape index (κ3) is 3.69. The Labute approximate surface area is 167 Å². The van der Waals surface area contributed by atoms with Gasteiger partial charge in [-0.05, 0) is 70.6 Å². The summed E-state index contributed by atoms with van der Waals surface area (Å²) in [4.78, 5) is 31.9. The molecule has 2 fully saturated rings. The third-order valence-electron chi connectivity index (χ3n) is 5.87. The van der Waals surface area contributed by atoms with Gasteiger partial charge in [0.1, 0.15) is 11.6 Å². The topological polar surface area (TPSA) is 53.1 Å². The van der Waals surface area contributed by atoms with Crippen LogP contribution >= 0.6 is 0 Å². The number of hydrogen-bond acceptors (Lipinski definition) is 4. The number of hydrogen-bond donors (Lipinski definition) is 0.